The van der Waals surface area contributed by atoms with Crippen molar-refractivity contribution in [2.75, 3.05) is 0 Å². The monoisotopic (exact) mass is 229 g/mol. The predicted molar refractivity (Wildman–Crippen MR) is 61.6 cm³/mol. The van der Waals surface area contributed by atoms with E-state index in [-0.39, 0.29) is 11.4 Å². The van der Waals surface area contributed by atoms with Gasteiger partial charge in [0, 0.05) is 17.6 Å². The van der Waals surface area contributed by atoms with Gasteiger partial charge in [-0.15, -0.1) is 0 Å². The normalized spacial score (nSPS) is 10.9. The molecule has 5 heteroatoms. The van der Waals surface area contributed by atoms with Crippen LogP contribution in [0.4, 0.5) is 4.39 Å². The molecule has 0 bridgehead atoms. The highest BCUT2D eigenvalue weighted by molar-refractivity contribution is 5.81. The first-order chi connectivity index (χ1) is 8.24. The number of aromatic amines is 1. The molecule has 17 heavy (non-hydrogen) atoms. The Morgan fingerprint density at radius 2 is 2.06 bits per heavy atom. The summed E-state index contributed by atoms with van der Waals surface area (Å²) in [5.41, 5.74) is 0.445. The molecule has 0 amide bonds. The second-order valence-corrected chi connectivity index (χ2v) is 3.67. The molecule has 0 atom stereocenters. The van der Waals surface area contributed by atoms with Crippen LogP contribution in [0, 0.1) is 5.82 Å². The van der Waals surface area contributed by atoms with E-state index >= 15 is 0 Å². The van der Waals surface area contributed by atoms with Crippen LogP contribution in [0.1, 0.15) is 0 Å². The molecule has 0 aliphatic carbocycles. The highest BCUT2D eigenvalue weighted by atomic mass is 19.1. The third-order valence-corrected chi connectivity index (χ3v) is 2.57. The van der Waals surface area contributed by atoms with Gasteiger partial charge in [-0.3, -0.25) is 9.36 Å². The number of fused-ring (bicyclic) bond motifs is 1. The lowest BCUT2D eigenvalue weighted by Gasteiger charge is -2.02. The fourth-order valence-electron chi connectivity index (χ4n) is 1.77. The third kappa shape index (κ3) is 1.61. The Bertz CT molecular complexity index is 724. The summed E-state index contributed by atoms with van der Waals surface area (Å²) >= 11 is 0. The first-order valence-corrected chi connectivity index (χ1v) is 5.07. The molecule has 1 N–H and O–H groups in total. The Labute approximate surface area is 95.3 Å². The maximum absolute atomic E-state index is 13.2. The molecule has 0 saturated carbocycles. The summed E-state index contributed by atoms with van der Waals surface area (Å²) < 4.78 is 14.9. The van der Waals surface area contributed by atoms with Crippen LogP contribution in [-0.4, -0.2) is 14.8 Å². The molecule has 0 aliphatic rings. The number of H-pyrrole nitrogens is 1. The second kappa shape index (κ2) is 3.55. The Kier molecular flexibility index (Phi) is 2.04. The maximum atomic E-state index is 13.2. The minimum atomic E-state index is -0.304. The van der Waals surface area contributed by atoms with Crippen LogP contribution in [0.15, 0.2) is 47.4 Å². The van der Waals surface area contributed by atoms with Crippen molar-refractivity contribution in [1.29, 1.82) is 0 Å². The van der Waals surface area contributed by atoms with Crippen molar-refractivity contribution in [3.05, 3.63) is 58.8 Å². The van der Waals surface area contributed by atoms with E-state index in [9.17, 15) is 9.18 Å². The van der Waals surface area contributed by atoms with E-state index in [4.69, 9.17) is 0 Å². The highest BCUT2D eigenvalue weighted by Crippen LogP contribution is 2.19. The van der Waals surface area contributed by atoms with Gasteiger partial charge in [0.1, 0.15) is 5.82 Å². The third-order valence-electron chi connectivity index (χ3n) is 2.57. The molecule has 84 valence electrons. The summed E-state index contributed by atoms with van der Waals surface area (Å²) in [6.07, 6.45) is 1.78. The van der Waals surface area contributed by atoms with Crippen LogP contribution in [0.2, 0.25) is 0 Å². The average Bonchev–Trinajstić information content (AvgIpc) is 2.73. The molecule has 0 fully saturated rings. The first-order valence-electron chi connectivity index (χ1n) is 5.07. The summed E-state index contributed by atoms with van der Waals surface area (Å²) in [6, 6.07) is 9.38. The van der Waals surface area contributed by atoms with Crippen LogP contribution in [0.5, 0.6) is 0 Å². The Hall–Kier alpha value is -2.43. The molecule has 3 rings (SSSR count). The van der Waals surface area contributed by atoms with E-state index in [1.807, 2.05) is 6.07 Å². The van der Waals surface area contributed by atoms with Crippen molar-refractivity contribution in [2.24, 2.45) is 0 Å². The van der Waals surface area contributed by atoms with E-state index in [1.54, 1.807) is 22.9 Å². The molecule has 0 aliphatic heterocycles. The lowest BCUT2D eigenvalue weighted by atomic mass is 10.2. The molecule has 1 aromatic carbocycles. The summed E-state index contributed by atoms with van der Waals surface area (Å²) in [4.78, 5) is 10.9. The predicted octanol–water partition coefficient (Wildman–Crippen LogP) is 1.85. The number of aromatic nitrogens is 3. The van der Waals surface area contributed by atoms with Crippen molar-refractivity contribution in [2.45, 2.75) is 0 Å². The number of hydrogen-bond acceptors (Lipinski definition) is 2. The second-order valence-electron chi connectivity index (χ2n) is 3.67. The van der Waals surface area contributed by atoms with E-state index < -0.39 is 0 Å². The Morgan fingerprint density at radius 1 is 1.18 bits per heavy atom. The van der Waals surface area contributed by atoms with Gasteiger partial charge >= 0.3 is 0 Å². The average molecular weight is 229 g/mol. The highest BCUT2D eigenvalue weighted by Gasteiger charge is 2.05. The molecule has 0 saturated heterocycles. The summed E-state index contributed by atoms with van der Waals surface area (Å²) in [6.45, 7) is 0. The SMILES string of the molecule is O=c1ccc(-n2ccc3ccc(F)cc32)n[nH]1. The molecular weight excluding hydrogens is 221 g/mol. The minimum Gasteiger partial charge on any atom is -0.300 e. The van der Waals surface area contributed by atoms with Crippen molar-refractivity contribution in [3.8, 4) is 5.82 Å². The zero-order valence-corrected chi connectivity index (χ0v) is 8.72. The van der Waals surface area contributed by atoms with Gasteiger partial charge in [0.05, 0.1) is 5.52 Å². The van der Waals surface area contributed by atoms with E-state index in [1.165, 1.54) is 18.2 Å². The lowest BCUT2D eigenvalue weighted by molar-refractivity contribution is 0.629. The number of hydrogen-bond donors (Lipinski definition) is 1. The van der Waals surface area contributed by atoms with Gasteiger partial charge in [-0.2, -0.15) is 5.10 Å². The van der Waals surface area contributed by atoms with Gasteiger partial charge in [-0.1, -0.05) is 0 Å². The first kappa shape index (κ1) is 9.77. The summed E-state index contributed by atoms with van der Waals surface area (Å²) in [5.74, 6) is 0.243. The fraction of sp³-hybridized carbons (Fsp3) is 0. The van der Waals surface area contributed by atoms with E-state index in [0.717, 1.165) is 5.39 Å². The zero-order valence-electron chi connectivity index (χ0n) is 8.72. The van der Waals surface area contributed by atoms with E-state index in [0.29, 0.717) is 11.3 Å². The topological polar surface area (TPSA) is 50.7 Å². The standard InChI is InChI=1S/C12H8FN3O/c13-9-2-1-8-5-6-16(10(8)7-9)11-3-4-12(17)15-14-11/h1-7H,(H,15,17). The Balaban J connectivity index is 2.26. The molecule has 0 radical (unpaired) electrons. The lowest BCUT2D eigenvalue weighted by Crippen LogP contribution is -2.08. The number of benzene rings is 1. The largest absolute Gasteiger partial charge is 0.300 e. The van der Waals surface area contributed by atoms with Crippen LogP contribution < -0.4 is 5.56 Å². The summed E-state index contributed by atoms with van der Waals surface area (Å²) in [5, 5.41) is 7.17. The summed E-state index contributed by atoms with van der Waals surface area (Å²) in [7, 11) is 0. The van der Waals surface area contributed by atoms with Crippen molar-refractivity contribution in [1.82, 2.24) is 14.8 Å². The van der Waals surface area contributed by atoms with E-state index in [2.05, 4.69) is 10.2 Å². The number of nitrogens with zero attached hydrogens (tertiary/aromatic N) is 2. The van der Waals surface area contributed by atoms with Crippen LogP contribution in [0.3, 0.4) is 0 Å². The molecule has 0 spiro atoms. The quantitative estimate of drug-likeness (QED) is 0.692. The molecule has 0 unspecified atom stereocenters. The molecule has 2 aromatic heterocycles. The van der Waals surface area contributed by atoms with Gasteiger partial charge in [0.25, 0.3) is 5.56 Å². The number of halogens is 1. The van der Waals surface area contributed by atoms with Gasteiger partial charge in [0.2, 0.25) is 0 Å². The molecule has 3 aromatic rings. The van der Waals surface area contributed by atoms with Gasteiger partial charge in [-0.25, -0.2) is 9.49 Å². The van der Waals surface area contributed by atoms with Gasteiger partial charge < -0.3 is 0 Å². The van der Waals surface area contributed by atoms with Gasteiger partial charge in [-0.05, 0) is 30.3 Å². The Morgan fingerprint density at radius 3 is 2.82 bits per heavy atom. The maximum Gasteiger partial charge on any atom is 0.264 e. The minimum absolute atomic E-state index is 0.267. The van der Waals surface area contributed by atoms with Gasteiger partial charge in [0.15, 0.2) is 5.82 Å². The molecule has 4 nitrogen and oxygen atoms in total. The number of nitrogens with one attached hydrogen (secondary N) is 1. The van der Waals surface area contributed by atoms with Crippen molar-refractivity contribution < 1.29 is 4.39 Å². The van der Waals surface area contributed by atoms with Crippen molar-refractivity contribution >= 4 is 10.9 Å². The number of rotatable bonds is 1. The molecular formula is C12H8FN3O. The zero-order chi connectivity index (χ0) is 11.8. The van der Waals surface area contributed by atoms with Crippen molar-refractivity contribution in [3.63, 3.8) is 0 Å². The molecule has 2 heterocycles. The fourth-order valence-corrected chi connectivity index (χ4v) is 1.77. The van der Waals surface area contributed by atoms with Crippen LogP contribution >= 0.6 is 0 Å². The smallest absolute Gasteiger partial charge is 0.264 e. The van der Waals surface area contributed by atoms with Crippen LogP contribution in [0.25, 0.3) is 16.7 Å². The van der Waals surface area contributed by atoms with Crippen LogP contribution in [-0.2, 0) is 0 Å².